The van der Waals surface area contributed by atoms with Gasteiger partial charge in [0.1, 0.15) is 5.75 Å². The van der Waals surface area contributed by atoms with E-state index in [1.807, 2.05) is 19.1 Å². The Morgan fingerprint density at radius 2 is 2.06 bits per heavy atom. The molecular weight excluding hydrogens is 214 g/mol. The molecule has 17 heavy (non-hydrogen) atoms. The summed E-state index contributed by atoms with van der Waals surface area (Å²) in [5.74, 6) is 0.314. The molecule has 0 aliphatic heterocycles. The summed E-state index contributed by atoms with van der Waals surface area (Å²) in [7, 11) is 0. The molecule has 1 aromatic heterocycles. The predicted molar refractivity (Wildman–Crippen MR) is 66.8 cm³/mol. The number of aryl methyl sites for hydroxylation is 1. The molecule has 4 heteroatoms. The molecule has 0 amide bonds. The first-order valence-corrected chi connectivity index (χ1v) is 5.73. The second kappa shape index (κ2) is 5.50. The van der Waals surface area contributed by atoms with Crippen LogP contribution in [-0.4, -0.2) is 21.6 Å². The Balaban J connectivity index is 1.73. The lowest BCUT2D eigenvalue weighted by atomic mass is 10.1. The molecule has 0 saturated heterocycles. The van der Waals surface area contributed by atoms with E-state index in [0.717, 1.165) is 30.9 Å². The van der Waals surface area contributed by atoms with Crippen LogP contribution in [0.4, 0.5) is 0 Å². The van der Waals surface area contributed by atoms with E-state index >= 15 is 0 Å². The lowest BCUT2D eigenvalue weighted by Crippen LogP contribution is -2.17. The number of phenols is 1. The monoisotopic (exact) mass is 231 g/mol. The Kier molecular flexibility index (Phi) is 3.77. The zero-order chi connectivity index (χ0) is 12.1. The summed E-state index contributed by atoms with van der Waals surface area (Å²) in [5, 5.41) is 12.5. The standard InChI is InChI=1S/C13H17N3O/c1-10-13(16-9-15-10)8-14-7-6-11-2-4-12(17)5-3-11/h2-5,9,14,17H,6-8H2,1H3,(H,15,16). The van der Waals surface area contributed by atoms with Crippen LogP contribution in [0.1, 0.15) is 17.0 Å². The summed E-state index contributed by atoms with van der Waals surface area (Å²) in [6, 6.07) is 7.31. The Morgan fingerprint density at radius 1 is 1.29 bits per heavy atom. The van der Waals surface area contributed by atoms with Crippen LogP contribution in [-0.2, 0) is 13.0 Å². The molecule has 2 aromatic rings. The summed E-state index contributed by atoms with van der Waals surface area (Å²) in [5.41, 5.74) is 3.40. The molecule has 3 N–H and O–H groups in total. The van der Waals surface area contributed by atoms with E-state index in [4.69, 9.17) is 5.11 Å². The number of aromatic hydroxyl groups is 1. The van der Waals surface area contributed by atoms with Crippen molar-refractivity contribution < 1.29 is 5.11 Å². The fourth-order valence-corrected chi connectivity index (χ4v) is 1.67. The normalized spacial score (nSPS) is 10.6. The molecular formula is C13H17N3O. The van der Waals surface area contributed by atoms with Gasteiger partial charge in [0.15, 0.2) is 0 Å². The van der Waals surface area contributed by atoms with Crippen molar-refractivity contribution >= 4 is 0 Å². The van der Waals surface area contributed by atoms with Crippen molar-refractivity contribution in [1.82, 2.24) is 15.3 Å². The van der Waals surface area contributed by atoms with Gasteiger partial charge < -0.3 is 15.4 Å². The largest absolute Gasteiger partial charge is 0.508 e. The minimum absolute atomic E-state index is 0.314. The molecule has 0 atom stereocenters. The number of nitrogens with one attached hydrogen (secondary N) is 2. The van der Waals surface area contributed by atoms with E-state index < -0.39 is 0 Å². The van der Waals surface area contributed by atoms with Gasteiger partial charge >= 0.3 is 0 Å². The fraction of sp³-hybridized carbons (Fsp3) is 0.308. The van der Waals surface area contributed by atoms with Crippen molar-refractivity contribution in [2.24, 2.45) is 0 Å². The molecule has 0 unspecified atom stereocenters. The van der Waals surface area contributed by atoms with Crippen LogP contribution in [0.25, 0.3) is 0 Å². The van der Waals surface area contributed by atoms with Gasteiger partial charge in [-0.05, 0) is 37.6 Å². The first-order valence-electron chi connectivity index (χ1n) is 5.73. The van der Waals surface area contributed by atoms with E-state index in [2.05, 4.69) is 15.3 Å². The Morgan fingerprint density at radius 3 is 2.71 bits per heavy atom. The molecule has 2 rings (SSSR count). The maximum absolute atomic E-state index is 9.16. The van der Waals surface area contributed by atoms with E-state index in [1.165, 1.54) is 5.56 Å². The quantitative estimate of drug-likeness (QED) is 0.687. The molecule has 4 nitrogen and oxygen atoms in total. The highest BCUT2D eigenvalue weighted by molar-refractivity contribution is 5.26. The smallest absolute Gasteiger partial charge is 0.115 e. The van der Waals surface area contributed by atoms with Crippen LogP contribution >= 0.6 is 0 Å². The van der Waals surface area contributed by atoms with Crippen molar-refractivity contribution in [2.75, 3.05) is 6.54 Å². The molecule has 1 aromatic carbocycles. The van der Waals surface area contributed by atoms with Crippen LogP contribution < -0.4 is 5.32 Å². The van der Waals surface area contributed by atoms with E-state index in [9.17, 15) is 0 Å². The first kappa shape index (κ1) is 11.7. The van der Waals surface area contributed by atoms with Gasteiger partial charge in [0.2, 0.25) is 0 Å². The number of rotatable bonds is 5. The van der Waals surface area contributed by atoms with Crippen LogP contribution in [0, 0.1) is 6.92 Å². The van der Waals surface area contributed by atoms with Crippen molar-refractivity contribution in [3.63, 3.8) is 0 Å². The average Bonchev–Trinajstić information content (AvgIpc) is 2.73. The number of benzene rings is 1. The predicted octanol–water partition coefficient (Wildman–Crippen LogP) is 1.76. The summed E-state index contributed by atoms with van der Waals surface area (Å²) in [4.78, 5) is 7.28. The Bertz CT molecular complexity index is 462. The van der Waals surface area contributed by atoms with Gasteiger partial charge in [0, 0.05) is 12.2 Å². The van der Waals surface area contributed by atoms with Crippen molar-refractivity contribution in [1.29, 1.82) is 0 Å². The highest BCUT2D eigenvalue weighted by Gasteiger charge is 1.99. The average molecular weight is 231 g/mol. The van der Waals surface area contributed by atoms with Crippen LogP contribution in [0.5, 0.6) is 5.75 Å². The minimum Gasteiger partial charge on any atom is -0.508 e. The molecule has 0 aliphatic carbocycles. The SMILES string of the molecule is Cc1[nH]cnc1CNCCc1ccc(O)cc1. The van der Waals surface area contributed by atoms with Gasteiger partial charge in [0.25, 0.3) is 0 Å². The van der Waals surface area contributed by atoms with Crippen molar-refractivity contribution in [2.45, 2.75) is 19.9 Å². The van der Waals surface area contributed by atoms with Gasteiger partial charge in [0.05, 0.1) is 12.0 Å². The van der Waals surface area contributed by atoms with Gasteiger partial charge in [-0.25, -0.2) is 4.98 Å². The third kappa shape index (κ3) is 3.32. The fourth-order valence-electron chi connectivity index (χ4n) is 1.67. The highest BCUT2D eigenvalue weighted by Crippen LogP contribution is 2.09. The molecule has 0 fully saturated rings. The number of aromatic amines is 1. The van der Waals surface area contributed by atoms with Crippen LogP contribution in [0.2, 0.25) is 0 Å². The van der Waals surface area contributed by atoms with Crippen LogP contribution in [0.15, 0.2) is 30.6 Å². The third-order valence-corrected chi connectivity index (χ3v) is 2.75. The number of hydrogen-bond donors (Lipinski definition) is 3. The van der Waals surface area contributed by atoms with Gasteiger partial charge in [-0.1, -0.05) is 12.1 Å². The minimum atomic E-state index is 0.314. The second-order valence-corrected chi connectivity index (χ2v) is 4.07. The van der Waals surface area contributed by atoms with Crippen molar-refractivity contribution in [3.8, 4) is 5.75 Å². The first-order chi connectivity index (χ1) is 8.25. The lowest BCUT2D eigenvalue weighted by Gasteiger charge is -2.04. The molecule has 0 radical (unpaired) electrons. The van der Waals surface area contributed by atoms with Crippen LogP contribution in [0.3, 0.4) is 0 Å². The Hall–Kier alpha value is -1.81. The number of aromatic nitrogens is 2. The zero-order valence-electron chi connectivity index (χ0n) is 9.90. The van der Waals surface area contributed by atoms with Gasteiger partial charge in [-0.15, -0.1) is 0 Å². The van der Waals surface area contributed by atoms with Gasteiger partial charge in [-0.3, -0.25) is 0 Å². The van der Waals surface area contributed by atoms with E-state index in [-0.39, 0.29) is 0 Å². The maximum atomic E-state index is 9.16. The summed E-state index contributed by atoms with van der Waals surface area (Å²) < 4.78 is 0. The number of hydrogen-bond acceptors (Lipinski definition) is 3. The summed E-state index contributed by atoms with van der Waals surface area (Å²) >= 11 is 0. The Labute approximate surface area is 101 Å². The van der Waals surface area contributed by atoms with E-state index in [0.29, 0.717) is 5.75 Å². The van der Waals surface area contributed by atoms with E-state index in [1.54, 1.807) is 18.5 Å². The molecule has 1 heterocycles. The molecule has 90 valence electrons. The molecule has 0 bridgehead atoms. The van der Waals surface area contributed by atoms with Crippen molar-refractivity contribution in [3.05, 3.63) is 47.5 Å². The zero-order valence-corrected chi connectivity index (χ0v) is 9.90. The van der Waals surface area contributed by atoms with Gasteiger partial charge in [-0.2, -0.15) is 0 Å². The number of phenolic OH excluding ortho intramolecular Hbond substituents is 1. The second-order valence-electron chi connectivity index (χ2n) is 4.07. The molecule has 0 spiro atoms. The summed E-state index contributed by atoms with van der Waals surface area (Å²) in [6.45, 7) is 3.70. The lowest BCUT2D eigenvalue weighted by molar-refractivity contribution is 0.475. The number of H-pyrrole nitrogens is 1. The molecule has 0 aliphatic rings. The summed E-state index contributed by atoms with van der Waals surface area (Å²) in [6.07, 6.45) is 2.66. The molecule has 0 saturated carbocycles. The highest BCUT2D eigenvalue weighted by atomic mass is 16.3. The third-order valence-electron chi connectivity index (χ3n) is 2.75. The maximum Gasteiger partial charge on any atom is 0.115 e. The number of imidazole rings is 1. The number of nitrogens with zero attached hydrogens (tertiary/aromatic N) is 1. The topological polar surface area (TPSA) is 60.9 Å².